The molecular formula is C13H15ClFN. The number of rotatable bonds is 4. The molecule has 2 rings (SSSR count). The van der Waals surface area contributed by atoms with Gasteiger partial charge in [0.1, 0.15) is 5.82 Å². The summed E-state index contributed by atoms with van der Waals surface area (Å²) in [4.78, 5) is 0. The highest BCUT2D eigenvalue weighted by Crippen LogP contribution is 2.37. The minimum absolute atomic E-state index is 0.0901. The molecule has 0 unspecified atom stereocenters. The first-order chi connectivity index (χ1) is 7.66. The summed E-state index contributed by atoms with van der Waals surface area (Å²) in [5, 5.41) is 3.90. The summed E-state index contributed by atoms with van der Waals surface area (Å²) in [7, 11) is 0. The molecule has 1 fully saturated rings. The molecule has 0 atom stereocenters. The van der Waals surface area contributed by atoms with Crippen molar-refractivity contribution in [1.82, 2.24) is 5.32 Å². The van der Waals surface area contributed by atoms with Crippen molar-refractivity contribution in [3.05, 3.63) is 47.3 Å². The van der Waals surface area contributed by atoms with Crippen LogP contribution in [0.1, 0.15) is 24.3 Å². The quantitative estimate of drug-likeness (QED) is 0.849. The molecule has 0 aliphatic heterocycles. The number of benzene rings is 1. The summed E-state index contributed by atoms with van der Waals surface area (Å²) in [6.07, 6.45) is 1.95. The Hall–Kier alpha value is -0.860. The molecule has 1 aromatic rings. The van der Waals surface area contributed by atoms with E-state index in [1.54, 1.807) is 6.07 Å². The van der Waals surface area contributed by atoms with Crippen LogP contribution in [0.3, 0.4) is 0 Å². The van der Waals surface area contributed by atoms with Crippen molar-refractivity contribution in [1.29, 1.82) is 0 Å². The Morgan fingerprint density at radius 3 is 2.75 bits per heavy atom. The van der Waals surface area contributed by atoms with Crippen molar-refractivity contribution in [2.75, 3.05) is 6.54 Å². The zero-order valence-electron chi connectivity index (χ0n) is 9.05. The second kappa shape index (κ2) is 4.98. The van der Waals surface area contributed by atoms with Gasteiger partial charge in [0.2, 0.25) is 0 Å². The Balaban J connectivity index is 1.84. The van der Waals surface area contributed by atoms with Crippen LogP contribution in [0.4, 0.5) is 4.39 Å². The molecule has 0 heterocycles. The van der Waals surface area contributed by atoms with E-state index in [4.69, 9.17) is 11.6 Å². The van der Waals surface area contributed by atoms with Gasteiger partial charge >= 0.3 is 0 Å². The molecule has 1 N–H and O–H groups in total. The third-order valence-corrected chi connectivity index (χ3v) is 3.20. The van der Waals surface area contributed by atoms with Crippen molar-refractivity contribution in [3.63, 3.8) is 0 Å². The lowest BCUT2D eigenvalue weighted by Crippen LogP contribution is -2.40. The van der Waals surface area contributed by atoms with E-state index >= 15 is 0 Å². The van der Waals surface area contributed by atoms with Crippen LogP contribution in [0.15, 0.2) is 35.9 Å². The van der Waals surface area contributed by atoms with Crippen LogP contribution in [0.5, 0.6) is 0 Å². The van der Waals surface area contributed by atoms with Crippen molar-refractivity contribution in [2.24, 2.45) is 0 Å². The van der Waals surface area contributed by atoms with Crippen LogP contribution >= 0.6 is 11.6 Å². The Morgan fingerprint density at radius 2 is 2.12 bits per heavy atom. The predicted molar refractivity (Wildman–Crippen MR) is 65.2 cm³/mol. The minimum Gasteiger partial charge on any atom is -0.309 e. The normalized spacial score (nSPS) is 23.9. The summed E-state index contributed by atoms with van der Waals surface area (Å²) in [5.41, 5.74) is 0.838. The molecule has 1 aromatic carbocycles. The van der Waals surface area contributed by atoms with Gasteiger partial charge < -0.3 is 5.32 Å². The monoisotopic (exact) mass is 239 g/mol. The van der Waals surface area contributed by atoms with E-state index in [1.165, 1.54) is 6.07 Å². The molecule has 0 amide bonds. The molecule has 0 aromatic heterocycles. The standard InChI is InChI=1S/C13H15ClFN/c1-9(14)8-16-11-6-10(7-11)12-4-2-3-5-13(12)15/h2-5,10-11,16H,1,6-8H2. The van der Waals surface area contributed by atoms with Gasteiger partial charge in [-0.25, -0.2) is 4.39 Å². The fraction of sp³-hybridized carbons (Fsp3) is 0.385. The average Bonchev–Trinajstić information content (AvgIpc) is 2.17. The minimum atomic E-state index is -0.0901. The van der Waals surface area contributed by atoms with Crippen LogP contribution in [0.2, 0.25) is 0 Å². The summed E-state index contributed by atoms with van der Waals surface area (Å²) < 4.78 is 13.4. The summed E-state index contributed by atoms with van der Waals surface area (Å²) >= 11 is 5.66. The molecule has 16 heavy (non-hydrogen) atoms. The van der Waals surface area contributed by atoms with Crippen molar-refractivity contribution >= 4 is 11.6 Å². The van der Waals surface area contributed by atoms with Gasteiger partial charge in [-0.05, 0) is 30.4 Å². The van der Waals surface area contributed by atoms with Crippen LogP contribution < -0.4 is 5.32 Å². The zero-order chi connectivity index (χ0) is 11.5. The Kier molecular flexibility index (Phi) is 3.62. The highest BCUT2D eigenvalue weighted by molar-refractivity contribution is 6.29. The van der Waals surface area contributed by atoms with Crippen LogP contribution in [-0.2, 0) is 0 Å². The fourth-order valence-electron chi connectivity index (χ4n) is 2.10. The topological polar surface area (TPSA) is 12.0 Å². The molecular weight excluding hydrogens is 225 g/mol. The van der Waals surface area contributed by atoms with Crippen molar-refractivity contribution < 1.29 is 4.39 Å². The van der Waals surface area contributed by atoms with Gasteiger partial charge in [-0.3, -0.25) is 0 Å². The van der Waals surface area contributed by atoms with Crippen LogP contribution in [-0.4, -0.2) is 12.6 Å². The SMILES string of the molecule is C=C(Cl)CNC1CC(c2ccccc2F)C1. The Morgan fingerprint density at radius 1 is 1.44 bits per heavy atom. The van der Waals surface area contributed by atoms with Crippen molar-refractivity contribution in [2.45, 2.75) is 24.8 Å². The second-order valence-electron chi connectivity index (χ2n) is 4.28. The Labute approximate surface area is 100 Å². The zero-order valence-corrected chi connectivity index (χ0v) is 9.80. The first-order valence-corrected chi connectivity index (χ1v) is 5.85. The summed E-state index contributed by atoms with van der Waals surface area (Å²) in [6.45, 7) is 4.25. The maximum atomic E-state index is 13.4. The van der Waals surface area contributed by atoms with E-state index in [-0.39, 0.29) is 5.82 Å². The molecule has 1 aliphatic rings. The first-order valence-electron chi connectivity index (χ1n) is 5.48. The van der Waals surface area contributed by atoms with Crippen LogP contribution in [0.25, 0.3) is 0 Å². The van der Waals surface area contributed by atoms with Crippen LogP contribution in [0, 0.1) is 5.82 Å². The smallest absolute Gasteiger partial charge is 0.126 e. The first kappa shape index (κ1) is 11.6. The lowest BCUT2D eigenvalue weighted by atomic mass is 9.75. The van der Waals surface area contributed by atoms with E-state index < -0.39 is 0 Å². The molecule has 0 saturated heterocycles. The fourth-order valence-corrected chi connectivity index (χ4v) is 2.18. The van der Waals surface area contributed by atoms with E-state index in [2.05, 4.69) is 11.9 Å². The molecule has 0 spiro atoms. The Bertz CT molecular complexity index is 385. The molecule has 86 valence electrons. The third kappa shape index (κ3) is 2.63. The maximum absolute atomic E-state index is 13.4. The van der Waals surface area contributed by atoms with Gasteiger partial charge in [0.05, 0.1) is 0 Å². The summed E-state index contributed by atoms with van der Waals surface area (Å²) in [5.74, 6) is 0.259. The van der Waals surface area contributed by atoms with Gasteiger partial charge in [-0.1, -0.05) is 36.4 Å². The predicted octanol–water partition coefficient (Wildman–Crippen LogP) is 3.41. The van der Waals surface area contributed by atoms with Crippen molar-refractivity contribution in [3.8, 4) is 0 Å². The lowest BCUT2D eigenvalue weighted by molar-refractivity contribution is 0.293. The molecule has 1 saturated carbocycles. The average molecular weight is 240 g/mol. The lowest BCUT2D eigenvalue weighted by Gasteiger charge is -2.36. The molecule has 0 radical (unpaired) electrons. The van der Waals surface area contributed by atoms with Gasteiger partial charge in [-0.2, -0.15) is 0 Å². The molecule has 1 nitrogen and oxygen atoms in total. The number of halogens is 2. The highest BCUT2D eigenvalue weighted by atomic mass is 35.5. The van der Waals surface area contributed by atoms with Gasteiger partial charge in [0, 0.05) is 17.6 Å². The van der Waals surface area contributed by atoms with E-state index in [1.807, 2.05) is 12.1 Å². The largest absolute Gasteiger partial charge is 0.309 e. The molecule has 1 aliphatic carbocycles. The number of hydrogen-bond acceptors (Lipinski definition) is 1. The maximum Gasteiger partial charge on any atom is 0.126 e. The van der Waals surface area contributed by atoms with E-state index in [0.717, 1.165) is 18.4 Å². The third-order valence-electron chi connectivity index (χ3n) is 3.07. The van der Waals surface area contributed by atoms with Gasteiger partial charge in [-0.15, -0.1) is 0 Å². The summed E-state index contributed by atoms with van der Waals surface area (Å²) in [6, 6.07) is 7.46. The van der Waals surface area contributed by atoms with E-state index in [9.17, 15) is 4.39 Å². The molecule has 3 heteroatoms. The highest BCUT2D eigenvalue weighted by Gasteiger charge is 2.31. The number of nitrogens with one attached hydrogen (secondary N) is 1. The van der Waals surface area contributed by atoms with Gasteiger partial charge in [0.15, 0.2) is 0 Å². The number of hydrogen-bond donors (Lipinski definition) is 1. The molecule has 0 bridgehead atoms. The van der Waals surface area contributed by atoms with Gasteiger partial charge in [0.25, 0.3) is 0 Å². The van der Waals surface area contributed by atoms with E-state index in [0.29, 0.717) is 23.5 Å². The second-order valence-corrected chi connectivity index (χ2v) is 4.82.